The second-order valence-corrected chi connectivity index (χ2v) is 5.25. The van der Waals surface area contributed by atoms with E-state index in [1.54, 1.807) is 0 Å². The van der Waals surface area contributed by atoms with Gasteiger partial charge in [0.1, 0.15) is 11.1 Å². The smallest absolute Gasteiger partial charge is 0.104 e. The van der Waals surface area contributed by atoms with Crippen LogP contribution in [0.1, 0.15) is 21.6 Å². The van der Waals surface area contributed by atoms with Gasteiger partial charge in [-0.3, -0.25) is 0 Å². The molecule has 0 atom stereocenters. The van der Waals surface area contributed by atoms with Crippen molar-refractivity contribution in [2.45, 2.75) is 19.4 Å². The van der Waals surface area contributed by atoms with Crippen molar-refractivity contribution in [3.05, 3.63) is 51.9 Å². The lowest BCUT2D eigenvalue weighted by atomic mass is 10.1. The first-order chi connectivity index (χ1) is 8.72. The molecule has 2 aromatic rings. The second-order valence-electron chi connectivity index (χ2n) is 4.08. The maximum Gasteiger partial charge on any atom is 0.104 e. The molecule has 92 valence electrons. The van der Waals surface area contributed by atoms with Crippen molar-refractivity contribution in [3.8, 4) is 6.07 Å². The Bertz CT molecular complexity index is 566. The predicted molar refractivity (Wildman–Crippen MR) is 73.2 cm³/mol. The third-order valence-electron chi connectivity index (χ3n) is 2.80. The van der Waals surface area contributed by atoms with Crippen LogP contribution in [0.2, 0.25) is 0 Å². The van der Waals surface area contributed by atoms with Gasteiger partial charge in [-0.25, -0.2) is 0 Å². The fourth-order valence-corrected chi connectivity index (χ4v) is 2.63. The normalized spacial score (nSPS) is 10.2. The Balaban J connectivity index is 2.00. The lowest BCUT2D eigenvalue weighted by Crippen LogP contribution is -1.90. The van der Waals surface area contributed by atoms with Gasteiger partial charge >= 0.3 is 0 Å². The highest BCUT2D eigenvalue weighted by Gasteiger charge is 2.05. The molecule has 2 rings (SSSR count). The molecule has 0 saturated heterocycles. The number of anilines is 1. The molecule has 1 heterocycles. The van der Waals surface area contributed by atoms with E-state index in [2.05, 4.69) is 6.07 Å². The Hall–Kier alpha value is -1.83. The van der Waals surface area contributed by atoms with Gasteiger partial charge in [0.15, 0.2) is 0 Å². The molecule has 0 bridgehead atoms. The van der Waals surface area contributed by atoms with Gasteiger partial charge in [0.25, 0.3) is 0 Å². The number of rotatable bonds is 4. The first-order valence-electron chi connectivity index (χ1n) is 5.70. The number of nitrogen functional groups attached to an aromatic ring is 1. The maximum absolute atomic E-state index is 8.95. The van der Waals surface area contributed by atoms with E-state index < -0.39 is 0 Å². The lowest BCUT2D eigenvalue weighted by Gasteiger charge is -2.01. The molecule has 3 N–H and O–H groups in total. The highest BCUT2D eigenvalue weighted by atomic mass is 32.1. The van der Waals surface area contributed by atoms with Gasteiger partial charge in [-0.1, -0.05) is 24.3 Å². The summed E-state index contributed by atoms with van der Waals surface area (Å²) in [7, 11) is 0. The molecular weight excluding hydrogens is 244 g/mol. The Morgan fingerprint density at radius 3 is 2.39 bits per heavy atom. The van der Waals surface area contributed by atoms with Crippen molar-refractivity contribution in [3.63, 3.8) is 0 Å². The number of nitriles is 1. The molecule has 4 heteroatoms. The molecule has 1 aromatic carbocycles. The Morgan fingerprint density at radius 1 is 1.17 bits per heavy atom. The first-order valence-corrected chi connectivity index (χ1v) is 6.51. The average Bonchev–Trinajstić information content (AvgIpc) is 2.77. The van der Waals surface area contributed by atoms with E-state index in [0.717, 1.165) is 23.3 Å². The fraction of sp³-hybridized carbons (Fsp3) is 0.214. The number of nitrogens with zero attached hydrogens (tertiary/aromatic N) is 1. The van der Waals surface area contributed by atoms with E-state index in [4.69, 9.17) is 16.1 Å². The fourth-order valence-electron chi connectivity index (χ4n) is 1.75. The van der Waals surface area contributed by atoms with Crippen LogP contribution in [0, 0.1) is 11.3 Å². The molecule has 0 amide bonds. The highest BCUT2D eigenvalue weighted by molar-refractivity contribution is 7.16. The molecular formula is C14H14N2OS. The third-order valence-corrected chi connectivity index (χ3v) is 3.82. The molecule has 0 aliphatic heterocycles. The summed E-state index contributed by atoms with van der Waals surface area (Å²) >= 11 is 1.48. The molecule has 0 saturated carbocycles. The van der Waals surface area contributed by atoms with E-state index in [9.17, 15) is 0 Å². The van der Waals surface area contributed by atoms with Gasteiger partial charge in [0.05, 0.1) is 12.2 Å². The van der Waals surface area contributed by atoms with Crippen LogP contribution in [0.25, 0.3) is 0 Å². The second kappa shape index (κ2) is 5.67. The van der Waals surface area contributed by atoms with Crippen LogP contribution in [-0.4, -0.2) is 5.11 Å². The molecule has 0 unspecified atom stereocenters. The number of aliphatic hydroxyl groups excluding tert-OH is 1. The van der Waals surface area contributed by atoms with Crippen molar-refractivity contribution in [2.75, 3.05) is 5.73 Å². The van der Waals surface area contributed by atoms with E-state index in [1.165, 1.54) is 16.9 Å². The topological polar surface area (TPSA) is 70.0 Å². The van der Waals surface area contributed by atoms with Crippen molar-refractivity contribution in [2.24, 2.45) is 0 Å². The summed E-state index contributed by atoms with van der Waals surface area (Å²) < 4.78 is 0. The van der Waals surface area contributed by atoms with Crippen LogP contribution in [-0.2, 0) is 19.4 Å². The van der Waals surface area contributed by atoms with Crippen LogP contribution in [0.3, 0.4) is 0 Å². The molecule has 1 aromatic heterocycles. The van der Waals surface area contributed by atoms with Gasteiger partial charge in [-0.2, -0.15) is 5.26 Å². The summed E-state index contributed by atoms with van der Waals surface area (Å²) in [4.78, 5) is 1.13. The zero-order valence-electron chi connectivity index (χ0n) is 9.89. The third kappa shape index (κ3) is 2.89. The molecule has 0 aliphatic rings. The van der Waals surface area contributed by atoms with Crippen molar-refractivity contribution < 1.29 is 5.11 Å². The zero-order valence-corrected chi connectivity index (χ0v) is 10.7. The maximum atomic E-state index is 8.95. The van der Waals surface area contributed by atoms with Gasteiger partial charge < -0.3 is 10.8 Å². The Morgan fingerprint density at radius 2 is 1.83 bits per heavy atom. The molecule has 0 spiro atoms. The number of aryl methyl sites for hydroxylation is 2. The number of benzene rings is 1. The van der Waals surface area contributed by atoms with Crippen LogP contribution < -0.4 is 5.73 Å². The average molecular weight is 258 g/mol. The largest absolute Gasteiger partial charge is 0.392 e. The summed E-state index contributed by atoms with van der Waals surface area (Å²) in [5.74, 6) is 0. The van der Waals surface area contributed by atoms with Crippen molar-refractivity contribution in [1.82, 2.24) is 0 Å². The summed E-state index contributed by atoms with van der Waals surface area (Å²) in [5, 5.41) is 18.4. The number of nitrogens with two attached hydrogens (primary N) is 1. The van der Waals surface area contributed by atoms with Gasteiger partial charge in [-0.05, 0) is 30.0 Å². The van der Waals surface area contributed by atoms with Gasteiger partial charge in [0, 0.05) is 4.88 Å². The summed E-state index contributed by atoms with van der Waals surface area (Å²) in [6, 6.07) is 11.9. The standard InChI is InChI=1S/C14H14N2OS/c15-8-12-7-13(18-14(12)16)6-5-10-1-3-11(9-17)4-2-10/h1-4,7,17H,5-6,9,16H2. The quantitative estimate of drug-likeness (QED) is 0.885. The van der Waals surface area contributed by atoms with Crippen LogP contribution in [0.4, 0.5) is 5.00 Å². The van der Waals surface area contributed by atoms with E-state index in [1.807, 2.05) is 30.3 Å². The first kappa shape index (κ1) is 12.6. The van der Waals surface area contributed by atoms with Crippen LogP contribution in [0.5, 0.6) is 0 Å². The number of hydrogen-bond donors (Lipinski definition) is 2. The minimum atomic E-state index is 0.0767. The van der Waals surface area contributed by atoms with Crippen LogP contribution >= 0.6 is 11.3 Å². The molecule has 0 aliphatic carbocycles. The summed E-state index contributed by atoms with van der Waals surface area (Å²) in [5.41, 5.74) is 8.44. The highest BCUT2D eigenvalue weighted by Crippen LogP contribution is 2.25. The minimum absolute atomic E-state index is 0.0767. The minimum Gasteiger partial charge on any atom is -0.392 e. The predicted octanol–water partition coefficient (Wildman–Crippen LogP) is 2.48. The van der Waals surface area contributed by atoms with E-state index in [0.29, 0.717) is 10.6 Å². The number of hydrogen-bond acceptors (Lipinski definition) is 4. The van der Waals surface area contributed by atoms with Gasteiger partial charge in [0.2, 0.25) is 0 Å². The van der Waals surface area contributed by atoms with Crippen molar-refractivity contribution in [1.29, 1.82) is 5.26 Å². The van der Waals surface area contributed by atoms with Gasteiger partial charge in [-0.15, -0.1) is 11.3 Å². The molecule has 18 heavy (non-hydrogen) atoms. The van der Waals surface area contributed by atoms with Crippen LogP contribution in [0.15, 0.2) is 30.3 Å². The monoisotopic (exact) mass is 258 g/mol. The molecule has 0 fully saturated rings. The summed E-state index contributed by atoms with van der Waals surface area (Å²) in [6.07, 6.45) is 1.80. The Kier molecular flexibility index (Phi) is 3.98. The van der Waals surface area contributed by atoms with Crippen molar-refractivity contribution >= 4 is 16.3 Å². The lowest BCUT2D eigenvalue weighted by molar-refractivity contribution is 0.282. The summed E-state index contributed by atoms with van der Waals surface area (Å²) in [6.45, 7) is 0.0767. The van der Waals surface area contributed by atoms with E-state index in [-0.39, 0.29) is 6.61 Å². The number of aliphatic hydroxyl groups is 1. The SMILES string of the molecule is N#Cc1cc(CCc2ccc(CO)cc2)sc1N. The Labute approximate surface area is 110 Å². The van der Waals surface area contributed by atoms with E-state index >= 15 is 0 Å². The molecule has 0 radical (unpaired) electrons. The number of thiophene rings is 1. The zero-order chi connectivity index (χ0) is 13.0. The molecule has 3 nitrogen and oxygen atoms in total.